The number of benzene rings is 1. The van der Waals surface area contributed by atoms with E-state index in [1.165, 1.54) is 42.8 Å². The van der Waals surface area contributed by atoms with Crippen molar-refractivity contribution < 1.29 is 9.59 Å². The molecule has 0 spiro atoms. The smallest absolute Gasteiger partial charge is 0.226 e. The zero-order valence-corrected chi connectivity index (χ0v) is 19.2. The predicted molar refractivity (Wildman–Crippen MR) is 126 cm³/mol. The zero-order chi connectivity index (χ0) is 20.6. The van der Waals surface area contributed by atoms with Crippen molar-refractivity contribution in [3.05, 3.63) is 29.8 Å². The number of rotatable bonds is 6. The SMILES string of the molecule is O=C(CCNC(=O)C12CC3CC(CC(C3)C1)C2)Nc1cccc(C2SCCCS2)c1. The van der Waals surface area contributed by atoms with E-state index in [2.05, 4.69) is 22.8 Å². The third-order valence-corrected chi connectivity index (χ3v) is 10.4. The topological polar surface area (TPSA) is 58.2 Å². The predicted octanol–water partition coefficient (Wildman–Crippen LogP) is 5.22. The van der Waals surface area contributed by atoms with Crippen LogP contribution in [0, 0.1) is 23.2 Å². The Kier molecular flexibility index (Phi) is 6.07. The first-order chi connectivity index (χ1) is 14.6. The molecular formula is C24H32N2O2S2. The lowest BCUT2D eigenvalue weighted by Gasteiger charge is -2.55. The van der Waals surface area contributed by atoms with Crippen molar-refractivity contribution in [3.8, 4) is 0 Å². The molecule has 162 valence electrons. The highest BCUT2D eigenvalue weighted by Gasteiger charge is 2.54. The summed E-state index contributed by atoms with van der Waals surface area (Å²) < 4.78 is 0.468. The molecule has 0 unspecified atom stereocenters. The average molecular weight is 445 g/mol. The van der Waals surface area contributed by atoms with Gasteiger partial charge in [-0.15, -0.1) is 23.5 Å². The maximum Gasteiger partial charge on any atom is 0.226 e. The first-order valence-corrected chi connectivity index (χ1v) is 13.6. The van der Waals surface area contributed by atoms with Crippen LogP contribution in [-0.4, -0.2) is 29.9 Å². The van der Waals surface area contributed by atoms with Gasteiger partial charge in [-0.25, -0.2) is 0 Å². The van der Waals surface area contributed by atoms with E-state index in [0.717, 1.165) is 42.7 Å². The van der Waals surface area contributed by atoms with Crippen LogP contribution < -0.4 is 10.6 Å². The number of carbonyl (C=O) groups is 2. The van der Waals surface area contributed by atoms with Crippen LogP contribution in [-0.2, 0) is 9.59 Å². The molecule has 5 fully saturated rings. The van der Waals surface area contributed by atoms with Crippen LogP contribution in [0.2, 0.25) is 0 Å². The Bertz CT molecular complexity index is 771. The third-order valence-electron chi connectivity index (χ3n) is 7.43. The molecular weight excluding hydrogens is 412 g/mol. The number of hydrogen-bond acceptors (Lipinski definition) is 4. The number of thioether (sulfide) groups is 2. The molecule has 1 aliphatic heterocycles. The molecule has 4 saturated carbocycles. The molecule has 1 saturated heterocycles. The van der Waals surface area contributed by atoms with Crippen LogP contribution >= 0.6 is 23.5 Å². The lowest BCUT2D eigenvalue weighted by atomic mass is 9.49. The maximum absolute atomic E-state index is 13.0. The molecule has 5 aliphatic rings. The monoisotopic (exact) mass is 444 g/mol. The number of carbonyl (C=O) groups excluding carboxylic acids is 2. The van der Waals surface area contributed by atoms with E-state index in [0.29, 0.717) is 17.5 Å². The Balaban J connectivity index is 1.11. The van der Waals surface area contributed by atoms with Gasteiger partial charge in [-0.3, -0.25) is 9.59 Å². The highest BCUT2D eigenvalue weighted by Crippen LogP contribution is 2.60. The molecule has 2 N–H and O–H groups in total. The summed E-state index contributed by atoms with van der Waals surface area (Å²) in [6.45, 7) is 0.431. The summed E-state index contributed by atoms with van der Waals surface area (Å²) >= 11 is 3.97. The van der Waals surface area contributed by atoms with Crippen LogP contribution in [0.4, 0.5) is 5.69 Å². The maximum atomic E-state index is 13.0. The van der Waals surface area contributed by atoms with Crippen molar-refractivity contribution in [2.45, 2.75) is 55.9 Å². The van der Waals surface area contributed by atoms with Crippen molar-refractivity contribution in [2.24, 2.45) is 23.2 Å². The molecule has 1 aromatic rings. The first-order valence-electron chi connectivity index (χ1n) is 11.5. The Hall–Kier alpha value is -1.14. The van der Waals surface area contributed by atoms with Crippen molar-refractivity contribution >= 4 is 41.0 Å². The van der Waals surface area contributed by atoms with Crippen LogP contribution in [0.5, 0.6) is 0 Å². The van der Waals surface area contributed by atoms with Gasteiger partial charge in [-0.05, 0) is 91.9 Å². The number of hydrogen-bond donors (Lipinski definition) is 2. The molecule has 6 rings (SSSR count). The minimum atomic E-state index is -0.130. The summed E-state index contributed by atoms with van der Waals surface area (Å²) in [6, 6.07) is 8.22. The minimum absolute atomic E-state index is 0.0260. The van der Waals surface area contributed by atoms with Crippen molar-refractivity contribution in [1.82, 2.24) is 5.32 Å². The van der Waals surface area contributed by atoms with E-state index in [-0.39, 0.29) is 17.2 Å². The molecule has 4 nitrogen and oxygen atoms in total. The van der Waals surface area contributed by atoms with E-state index < -0.39 is 0 Å². The second-order valence-electron chi connectivity index (χ2n) is 9.80. The summed E-state index contributed by atoms with van der Waals surface area (Å²) in [6.07, 6.45) is 8.83. The van der Waals surface area contributed by atoms with Gasteiger partial charge in [-0.2, -0.15) is 0 Å². The van der Waals surface area contributed by atoms with E-state index in [1.54, 1.807) is 0 Å². The summed E-state index contributed by atoms with van der Waals surface area (Å²) in [5.41, 5.74) is 2.00. The highest BCUT2D eigenvalue weighted by molar-refractivity contribution is 8.16. The van der Waals surface area contributed by atoms with Crippen molar-refractivity contribution in [3.63, 3.8) is 0 Å². The standard InChI is InChI=1S/C24H32N2O2S2/c27-21(26-20-4-1-3-19(12-20)22-29-7-2-8-30-22)5-6-25-23(28)24-13-16-9-17(14-24)11-18(10-16)15-24/h1,3-4,12,16-18,22H,2,5-11,13-15H2,(H,25,28)(H,26,27). The molecule has 4 aliphatic carbocycles. The van der Waals surface area contributed by atoms with Gasteiger partial charge in [0.15, 0.2) is 0 Å². The largest absolute Gasteiger partial charge is 0.355 e. The van der Waals surface area contributed by atoms with Gasteiger partial charge in [0.25, 0.3) is 0 Å². The lowest BCUT2D eigenvalue weighted by molar-refractivity contribution is -0.146. The van der Waals surface area contributed by atoms with Crippen LogP contribution in [0.25, 0.3) is 0 Å². The molecule has 0 aromatic heterocycles. The molecule has 0 atom stereocenters. The zero-order valence-electron chi connectivity index (χ0n) is 17.5. The second kappa shape index (κ2) is 8.78. The molecule has 6 heteroatoms. The molecule has 4 bridgehead atoms. The number of nitrogens with one attached hydrogen (secondary N) is 2. The van der Waals surface area contributed by atoms with E-state index in [1.807, 2.05) is 35.7 Å². The van der Waals surface area contributed by atoms with Crippen molar-refractivity contribution in [2.75, 3.05) is 23.4 Å². The fourth-order valence-corrected chi connectivity index (χ4v) is 9.41. The molecule has 0 radical (unpaired) electrons. The highest BCUT2D eigenvalue weighted by atomic mass is 32.2. The normalized spacial score (nSPS) is 32.7. The van der Waals surface area contributed by atoms with Crippen LogP contribution in [0.15, 0.2) is 24.3 Å². The Labute approximate surface area is 188 Å². The minimum Gasteiger partial charge on any atom is -0.355 e. The summed E-state index contributed by atoms with van der Waals surface area (Å²) in [5.74, 6) is 4.88. The summed E-state index contributed by atoms with van der Waals surface area (Å²) in [5, 5.41) is 6.13. The molecule has 1 heterocycles. The fraction of sp³-hybridized carbons (Fsp3) is 0.667. The molecule has 30 heavy (non-hydrogen) atoms. The van der Waals surface area contributed by atoms with Gasteiger partial charge in [0.05, 0.1) is 4.58 Å². The second-order valence-corrected chi connectivity index (χ2v) is 12.5. The van der Waals surface area contributed by atoms with Gasteiger partial charge in [0.2, 0.25) is 11.8 Å². The lowest BCUT2D eigenvalue weighted by Crippen LogP contribution is -2.53. The Morgan fingerprint density at radius 1 is 1.00 bits per heavy atom. The van der Waals surface area contributed by atoms with E-state index >= 15 is 0 Å². The quantitative estimate of drug-likeness (QED) is 0.632. The van der Waals surface area contributed by atoms with Crippen LogP contribution in [0.1, 0.15) is 61.5 Å². The van der Waals surface area contributed by atoms with Gasteiger partial charge >= 0.3 is 0 Å². The summed E-state index contributed by atoms with van der Waals surface area (Å²) in [7, 11) is 0. The van der Waals surface area contributed by atoms with E-state index in [9.17, 15) is 9.59 Å². The summed E-state index contributed by atoms with van der Waals surface area (Å²) in [4.78, 5) is 25.5. The third kappa shape index (κ3) is 4.40. The molecule has 2 amide bonds. The van der Waals surface area contributed by atoms with Gasteiger partial charge in [0.1, 0.15) is 0 Å². The fourth-order valence-electron chi connectivity index (χ4n) is 6.53. The first kappa shape index (κ1) is 20.7. The van der Waals surface area contributed by atoms with Gasteiger partial charge in [0, 0.05) is 24.1 Å². The molecule has 1 aromatic carbocycles. The Morgan fingerprint density at radius 2 is 1.67 bits per heavy atom. The van der Waals surface area contributed by atoms with Gasteiger partial charge in [-0.1, -0.05) is 12.1 Å². The number of amides is 2. The average Bonchev–Trinajstić information content (AvgIpc) is 2.73. The number of anilines is 1. The van der Waals surface area contributed by atoms with Crippen LogP contribution in [0.3, 0.4) is 0 Å². The van der Waals surface area contributed by atoms with E-state index in [4.69, 9.17) is 0 Å². The Morgan fingerprint density at radius 3 is 2.33 bits per heavy atom. The van der Waals surface area contributed by atoms with Gasteiger partial charge < -0.3 is 10.6 Å². The van der Waals surface area contributed by atoms with Crippen molar-refractivity contribution in [1.29, 1.82) is 0 Å².